The molecule has 0 heterocycles. The summed E-state index contributed by atoms with van der Waals surface area (Å²) in [6.45, 7) is 1.93. The highest BCUT2D eigenvalue weighted by molar-refractivity contribution is 9.11. The number of nitrogens with zero attached hydrogens (tertiary/aromatic N) is 1. The summed E-state index contributed by atoms with van der Waals surface area (Å²) in [7, 11) is 1.82. The second-order valence-corrected chi connectivity index (χ2v) is 9.55. The van der Waals surface area contributed by atoms with E-state index in [-0.39, 0.29) is 6.04 Å². The number of halogens is 1. The first-order valence-electron chi connectivity index (χ1n) is 7.52. The highest BCUT2D eigenvalue weighted by Crippen LogP contribution is 2.35. The Labute approximate surface area is 152 Å². The van der Waals surface area contributed by atoms with Crippen molar-refractivity contribution in [3.05, 3.63) is 59.7 Å². The number of aryl methyl sites for hydroxylation is 1. The largest absolute Gasteiger partial charge is 0.497 e. The van der Waals surface area contributed by atoms with E-state index in [9.17, 15) is 8.42 Å². The number of sulfone groups is 1. The number of benzene rings is 2. The molecule has 0 bridgehead atoms. The monoisotopic (exact) mass is 411 g/mol. The molecule has 24 heavy (non-hydrogen) atoms. The lowest BCUT2D eigenvalue weighted by Crippen LogP contribution is -2.33. The maximum Gasteiger partial charge on any atom is 0.193 e. The van der Waals surface area contributed by atoms with Crippen molar-refractivity contribution in [1.82, 2.24) is 4.90 Å². The molecule has 2 atom stereocenters. The number of rotatable bonds is 6. The van der Waals surface area contributed by atoms with Crippen molar-refractivity contribution in [2.45, 2.75) is 22.0 Å². The molecule has 0 amide bonds. The third-order valence-electron chi connectivity index (χ3n) is 3.91. The summed E-state index contributed by atoms with van der Waals surface area (Å²) in [5.74, 6) is 0.740. The van der Waals surface area contributed by atoms with Crippen LogP contribution in [-0.4, -0.2) is 38.7 Å². The minimum atomic E-state index is -3.52. The van der Waals surface area contributed by atoms with Gasteiger partial charge in [0.2, 0.25) is 0 Å². The van der Waals surface area contributed by atoms with Crippen molar-refractivity contribution in [2.24, 2.45) is 0 Å². The lowest BCUT2D eigenvalue weighted by molar-refractivity contribution is 0.314. The highest BCUT2D eigenvalue weighted by Gasteiger charge is 2.35. The van der Waals surface area contributed by atoms with Crippen molar-refractivity contribution in [1.29, 1.82) is 0 Å². The van der Waals surface area contributed by atoms with Gasteiger partial charge in [0.15, 0.2) is 9.84 Å². The average molecular weight is 412 g/mol. The summed E-state index contributed by atoms with van der Waals surface area (Å²) >= 11 is 3.43. The quantitative estimate of drug-likeness (QED) is 0.678. The molecule has 0 aliphatic rings. The molecule has 2 aromatic rings. The van der Waals surface area contributed by atoms with Gasteiger partial charge in [-0.25, -0.2) is 8.42 Å². The predicted molar refractivity (Wildman–Crippen MR) is 101 cm³/mol. The molecule has 0 aliphatic carbocycles. The van der Waals surface area contributed by atoms with Crippen molar-refractivity contribution >= 4 is 25.8 Å². The van der Waals surface area contributed by atoms with Crippen LogP contribution >= 0.6 is 15.9 Å². The van der Waals surface area contributed by atoms with Crippen LogP contribution < -0.4 is 4.74 Å². The Balaban J connectivity index is 2.40. The Bertz CT molecular complexity index is 771. The van der Waals surface area contributed by atoms with Gasteiger partial charge in [-0.1, -0.05) is 45.8 Å². The molecule has 2 rings (SSSR count). The van der Waals surface area contributed by atoms with Crippen LogP contribution in [0.3, 0.4) is 0 Å². The average Bonchev–Trinajstić information content (AvgIpc) is 2.55. The van der Waals surface area contributed by atoms with Gasteiger partial charge in [-0.2, -0.15) is 0 Å². The fourth-order valence-corrected chi connectivity index (χ4v) is 5.45. The normalized spacial score (nSPS) is 14.4. The number of alkyl halides is 1. The molecule has 6 heteroatoms. The molecule has 0 saturated heterocycles. The van der Waals surface area contributed by atoms with Gasteiger partial charge in [-0.05, 0) is 50.8 Å². The molecule has 0 aliphatic heterocycles. The molecule has 4 nitrogen and oxygen atoms in total. The van der Waals surface area contributed by atoms with Crippen molar-refractivity contribution in [3.8, 4) is 5.75 Å². The smallest absolute Gasteiger partial charge is 0.193 e. The van der Waals surface area contributed by atoms with E-state index in [1.54, 1.807) is 19.2 Å². The van der Waals surface area contributed by atoms with E-state index in [2.05, 4.69) is 15.9 Å². The Morgan fingerprint density at radius 3 is 2.00 bits per heavy atom. The van der Waals surface area contributed by atoms with Crippen LogP contribution in [0.25, 0.3) is 0 Å². The minimum absolute atomic E-state index is 0.315. The summed E-state index contributed by atoms with van der Waals surface area (Å²) in [6, 6.07) is 14.1. The lowest BCUT2D eigenvalue weighted by atomic mass is 10.1. The Hall–Kier alpha value is -1.37. The maximum absolute atomic E-state index is 13.0. The van der Waals surface area contributed by atoms with E-state index < -0.39 is 14.0 Å². The lowest BCUT2D eigenvalue weighted by Gasteiger charge is -2.29. The SMILES string of the molecule is COc1ccc(C(C(Br)S(=O)(=O)c2ccc(C)cc2)N(C)C)cc1. The number of hydrogen-bond acceptors (Lipinski definition) is 4. The van der Waals surface area contributed by atoms with Gasteiger partial charge in [0, 0.05) is 0 Å². The maximum atomic E-state index is 13.0. The summed E-state index contributed by atoms with van der Waals surface area (Å²) < 4.78 is 30.4. The van der Waals surface area contributed by atoms with E-state index in [0.29, 0.717) is 4.90 Å². The van der Waals surface area contributed by atoms with Gasteiger partial charge in [0.1, 0.15) is 9.91 Å². The van der Waals surface area contributed by atoms with Crippen LogP contribution in [0.5, 0.6) is 5.75 Å². The highest BCUT2D eigenvalue weighted by atomic mass is 79.9. The topological polar surface area (TPSA) is 46.6 Å². The molecule has 130 valence electrons. The fraction of sp³-hybridized carbons (Fsp3) is 0.333. The molecular weight excluding hydrogens is 390 g/mol. The molecule has 0 N–H and O–H groups in total. The zero-order valence-electron chi connectivity index (χ0n) is 14.2. The van der Waals surface area contributed by atoms with Crippen LogP contribution in [0, 0.1) is 6.92 Å². The zero-order chi connectivity index (χ0) is 17.9. The molecule has 2 aromatic carbocycles. The van der Waals surface area contributed by atoms with Crippen LogP contribution in [0.15, 0.2) is 53.4 Å². The molecule has 0 saturated carbocycles. The minimum Gasteiger partial charge on any atom is -0.497 e. The van der Waals surface area contributed by atoms with E-state index in [0.717, 1.165) is 16.9 Å². The standard InChI is InChI=1S/C18H22BrNO3S/c1-13-5-11-16(12-6-13)24(21,22)18(19)17(20(2)3)14-7-9-15(23-4)10-8-14/h5-12,17-18H,1-4H3. The number of ether oxygens (including phenoxy) is 1. The van der Waals surface area contributed by atoms with Gasteiger partial charge in [0.05, 0.1) is 18.0 Å². The second-order valence-electron chi connectivity index (χ2n) is 5.89. The molecule has 0 fully saturated rings. The van der Waals surface area contributed by atoms with Gasteiger partial charge in [0.25, 0.3) is 0 Å². The molecule has 0 aromatic heterocycles. The second kappa shape index (κ2) is 7.68. The Morgan fingerprint density at radius 2 is 1.54 bits per heavy atom. The van der Waals surface area contributed by atoms with E-state index in [1.807, 2.05) is 62.3 Å². The molecule has 0 radical (unpaired) electrons. The summed E-state index contributed by atoms with van der Waals surface area (Å²) in [5, 5.41) is 0. The molecule has 2 unspecified atom stereocenters. The molecule has 0 spiro atoms. The van der Waals surface area contributed by atoms with Crippen LogP contribution in [0.2, 0.25) is 0 Å². The van der Waals surface area contributed by atoms with Crippen LogP contribution in [0.1, 0.15) is 17.2 Å². The first kappa shape index (κ1) is 19.0. The summed E-state index contributed by atoms with van der Waals surface area (Å²) in [5.41, 5.74) is 1.93. The van der Waals surface area contributed by atoms with Gasteiger partial charge >= 0.3 is 0 Å². The van der Waals surface area contributed by atoms with Gasteiger partial charge < -0.3 is 9.64 Å². The van der Waals surface area contributed by atoms with Gasteiger partial charge in [-0.3, -0.25) is 0 Å². The Morgan fingerprint density at radius 1 is 1.00 bits per heavy atom. The number of hydrogen-bond donors (Lipinski definition) is 0. The Kier molecular flexibility index (Phi) is 6.06. The van der Waals surface area contributed by atoms with Crippen molar-refractivity contribution in [3.63, 3.8) is 0 Å². The third-order valence-corrected chi connectivity index (χ3v) is 7.66. The van der Waals surface area contributed by atoms with E-state index in [1.165, 1.54) is 0 Å². The molecular formula is C18H22BrNO3S. The fourth-order valence-electron chi connectivity index (χ4n) is 2.51. The zero-order valence-corrected chi connectivity index (χ0v) is 16.6. The van der Waals surface area contributed by atoms with Crippen LogP contribution in [0.4, 0.5) is 0 Å². The van der Waals surface area contributed by atoms with Gasteiger partial charge in [-0.15, -0.1) is 0 Å². The van der Waals surface area contributed by atoms with Crippen molar-refractivity contribution in [2.75, 3.05) is 21.2 Å². The summed E-state index contributed by atoms with van der Waals surface area (Å²) in [6.07, 6.45) is 0. The first-order chi connectivity index (χ1) is 11.3. The van der Waals surface area contributed by atoms with Crippen LogP contribution in [-0.2, 0) is 9.84 Å². The third kappa shape index (κ3) is 3.99. The van der Waals surface area contributed by atoms with E-state index >= 15 is 0 Å². The van der Waals surface area contributed by atoms with Crippen molar-refractivity contribution < 1.29 is 13.2 Å². The van der Waals surface area contributed by atoms with E-state index in [4.69, 9.17) is 4.74 Å². The first-order valence-corrected chi connectivity index (χ1v) is 9.98. The number of methoxy groups -OCH3 is 1. The predicted octanol–water partition coefficient (Wildman–Crippen LogP) is 3.80. The summed E-state index contributed by atoms with van der Waals surface area (Å²) in [4.78, 5) is 2.21.